The van der Waals surface area contributed by atoms with Gasteiger partial charge in [0.25, 0.3) is 0 Å². The van der Waals surface area contributed by atoms with Crippen molar-refractivity contribution in [1.29, 1.82) is 0 Å². The molecular weight excluding hydrogens is 414 g/mol. The first-order chi connectivity index (χ1) is 9.33. The van der Waals surface area contributed by atoms with E-state index in [1.807, 2.05) is 0 Å². The highest BCUT2D eigenvalue weighted by molar-refractivity contribution is 9.11. The fourth-order valence-corrected chi connectivity index (χ4v) is 4.12. The summed E-state index contributed by atoms with van der Waals surface area (Å²) in [6.07, 6.45) is 1.95. The van der Waals surface area contributed by atoms with E-state index in [1.54, 1.807) is 12.1 Å². The minimum Gasteiger partial charge on any atom is -0.481 e. The highest BCUT2D eigenvalue weighted by atomic mass is 79.9. The van der Waals surface area contributed by atoms with Gasteiger partial charge in [0.05, 0.1) is 4.90 Å². The van der Waals surface area contributed by atoms with Crippen molar-refractivity contribution in [3.63, 3.8) is 0 Å². The Hall–Kier alpha value is -0.440. The Balaban J connectivity index is 2.50. The van der Waals surface area contributed by atoms with Crippen LogP contribution in [0.4, 0.5) is 0 Å². The van der Waals surface area contributed by atoms with Crippen molar-refractivity contribution in [1.82, 2.24) is 4.72 Å². The first kappa shape index (κ1) is 17.6. The van der Waals surface area contributed by atoms with Crippen LogP contribution in [0, 0.1) is 0 Å². The van der Waals surface area contributed by atoms with Gasteiger partial charge in [-0.2, -0.15) is 0 Å². The molecule has 112 valence electrons. The Morgan fingerprint density at radius 2 is 1.90 bits per heavy atom. The Morgan fingerprint density at radius 1 is 1.20 bits per heavy atom. The molecule has 0 radical (unpaired) electrons. The summed E-state index contributed by atoms with van der Waals surface area (Å²) in [5.41, 5.74) is 0. The number of benzene rings is 1. The molecule has 20 heavy (non-hydrogen) atoms. The second-order valence-corrected chi connectivity index (χ2v) is 7.68. The van der Waals surface area contributed by atoms with Crippen LogP contribution in [-0.2, 0) is 14.8 Å². The van der Waals surface area contributed by atoms with E-state index >= 15 is 0 Å². The number of carbonyl (C=O) groups is 1. The molecule has 0 fully saturated rings. The van der Waals surface area contributed by atoms with Gasteiger partial charge in [0.2, 0.25) is 10.0 Å². The molecule has 5 nitrogen and oxygen atoms in total. The van der Waals surface area contributed by atoms with Crippen LogP contribution < -0.4 is 4.72 Å². The van der Waals surface area contributed by atoms with E-state index < -0.39 is 16.0 Å². The third-order valence-electron chi connectivity index (χ3n) is 2.54. The quantitative estimate of drug-likeness (QED) is 0.623. The maximum absolute atomic E-state index is 12.1. The molecule has 0 aliphatic rings. The fourth-order valence-electron chi connectivity index (χ4n) is 1.55. The smallest absolute Gasteiger partial charge is 0.303 e. The molecule has 0 aliphatic carbocycles. The molecular formula is C12H15Br2NO4S. The molecule has 0 spiro atoms. The minimum absolute atomic E-state index is 0.115. The maximum atomic E-state index is 12.1. The second-order valence-electron chi connectivity index (χ2n) is 4.18. The van der Waals surface area contributed by atoms with Crippen LogP contribution in [0.1, 0.15) is 25.7 Å². The molecule has 1 aromatic rings. The van der Waals surface area contributed by atoms with Gasteiger partial charge in [0.15, 0.2) is 0 Å². The Labute approximate surface area is 135 Å². The van der Waals surface area contributed by atoms with Gasteiger partial charge in [0.1, 0.15) is 0 Å². The van der Waals surface area contributed by atoms with Crippen molar-refractivity contribution in [2.75, 3.05) is 6.54 Å². The summed E-state index contributed by atoms with van der Waals surface area (Å²) in [5.74, 6) is -0.830. The molecule has 0 saturated heterocycles. The van der Waals surface area contributed by atoms with Crippen LogP contribution in [-0.4, -0.2) is 26.0 Å². The number of halogens is 2. The number of hydrogen-bond donors (Lipinski definition) is 2. The van der Waals surface area contributed by atoms with Crippen LogP contribution in [0.2, 0.25) is 0 Å². The number of carboxylic acid groups (broad SMARTS) is 1. The normalized spacial score (nSPS) is 11.5. The lowest BCUT2D eigenvalue weighted by atomic mass is 10.2. The molecule has 0 saturated carbocycles. The summed E-state index contributed by atoms with van der Waals surface area (Å²) in [5, 5.41) is 8.48. The number of hydrogen-bond acceptors (Lipinski definition) is 3. The predicted octanol–water partition coefficient (Wildman–Crippen LogP) is 3.13. The first-order valence-corrected chi connectivity index (χ1v) is 9.06. The molecule has 0 atom stereocenters. The van der Waals surface area contributed by atoms with Gasteiger partial charge in [-0.15, -0.1) is 0 Å². The third kappa shape index (κ3) is 5.90. The zero-order chi connectivity index (χ0) is 15.2. The van der Waals surface area contributed by atoms with Gasteiger partial charge >= 0.3 is 5.97 Å². The van der Waals surface area contributed by atoms with Gasteiger partial charge in [-0.05, 0) is 47.0 Å². The van der Waals surface area contributed by atoms with Crippen LogP contribution in [0.5, 0.6) is 0 Å². The van der Waals surface area contributed by atoms with Gasteiger partial charge in [0, 0.05) is 21.9 Å². The van der Waals surface area contributed by atoms with Crippen LogP contribution in [0.15, 0.2) is 32.0 Å². The predicted molar refractivity (Wildman–Crippen MR) is 83.1 cm³/mol. The SMILES string of the molecule is O=C(O)CCCCCNS(=O)(=O)c1cc(Br)ccc1Br. The Bertz CT molecular complexity index is 575. The van der Waals surface area contributed by atoms with Crippen molar-refractivity contribution >= 4 is 47.9 Å². The Morgan fingerprint density at radius 3 is 2.55 bits per heavy atom. The van der Waals surface area contributed by atoms with Crippen molar-refractivity contribution in [2.24, 2.45) is 0 Å². The lowest BCUT2D eigenvalue weighted by molar-refractivity contribution is -0.137. The van der Waals surface area contributed by atoms with Crippen LogP contribution in [0.25, 0.3) is 0 Å². The molecule has 0 heterocycles. The van der Waals surface area contributed by atoms with Crippen LogP contribution in [0.3, 0.4) is 0 Å². The summed E-state index contributed by atoms with van der Waals surface area (Å²) in [6.45, 7) is 0.293. The lowest BCUT2D eigenvalue weighted by Crippen LogP contribution is -2.25. The summed E-state index contributed by atoms with van der Waals surface area (Å²) in [4.78, 5) is 10.5. The summed E-state index contributed by atoms with van der Waals surface area (Å²) < 4.78 is 27.9. The number of unbranched alkanes of at least 4 members (excludes halogenated alkanes) is 2. The molecule has 2 N–H and O–H groups in total. The standard InChI is InChI=1S/C12H15Br2NO4S/c13-9-5-6-10(14)11(8-9)20(18,19)15-7-3-1-2-4-12(16)17/h5-6,8,15H,1-4,7H2,(H,16,17). The highest BCUT2D eigenvalue weighted by Crippen LogP contribution is 2.25. The fraction of sp³-hybridized carbons (Fsp3) is 0.417. The molecule has 0 bridgehead atoms. The first-order valence-electron chi connectivity index (χ1n) is 5.99. The van der Waals surface area contributed by atoms with Gasteiger partial charge in [-0.1, -0.05) is 22.4 Å². The number of sulfonamides is 1. The molecule has 1 rings (SSSR count). The van der Waals surface area contributed by atoms with E-state index in [0.717, 1.165) is 0 Å². The average molecular weight is 429 g/mol. The third-order valence-corrected chi connectivity index (χ3v) is 5.49. The Kier molecular flexibility index (Phi) is 7.14. The van der Waals surface area contributed by atoms with Crippen LogP contribution >= 0.6 is 31.9 Å². The molecule has 8 heteroatoms. The van der Waals surface area contributed by atoms with Crippen molar-refractivity contribution in [3.05, 3.63) is 27.1 Å². The molecule has 0 amide bonds. The van der Waals surface area contributed by atoms with Crippen molar-refractivity contribution in [3.8, 4) is 0 Å². The van der Waals surface area contributed by atoms with Gasteiger partial charge in [-0.3, -0.25) is 4.79 Å². The van der Waals surface area contributed by atoms with E-state index in [2.05, 4.69) is 36.6 Å². The highest BCUT2D eigenvalue weighted by Gasteiger charge is 2.17. The average Bonchev–Trinajstić information content (AvgIpc) is 2.36. The number of nitrogens with one attached hydrogen (secondary N) is 1. The molecule has 0 unspecified atom stereocenters. The summed E-state index contributed by atoms with van der Waals surface area (Å²) in [6, 6.07) is 4.93. The van der Waals surface area contributed by atoms with E-state index in [9.17, 15) is 13.2 Å². The van der Waals surface area contributed by atoms with E-state index in [-0.39, 0.29) is 11.3 Å². The second kappa shape index (κ2) is 8.11. The molecule has 0 aliphatic heterocycles. The number of aliphatic carboxylic acids is 1. The molecule has 0 aromatic heterocycles. The maximum Gasteiger partial charge on any atom is 0.303 e. The topological polar surface area (TPSA) is 83.5 Å². The largest absolute Gasteiger partial charge is 0.481 e. The van der Waals surface area contributed by atoms with Gasteiger partial charge < -0.3 is 5.11 Å². The summed E-state index contributed by atoms with van der Waals surface area (Å²) >= 11 is 6.45. The van der Waals surface area contributed by atoms with E-state index in [1.165, 1.54) is 6.07 Å². The van der Waals surface area contributed by atoms with Gasteiger partial charge in [-0.25, -0.2) is 13.1 Å². The van der Waals surface area contributed by atoms with E-state index in [4.69, 9.17) is 5.11 Å². The van der Waals surface area contributed by atoms with Crippen molar-refractivity contribution < 1.29 is 18.3 Å². The monoisotopic (exact) mass is 427 g/mol. The number of rotatable bonds is 8. The van der Waals surface area contributed by atoms with E-state index in [0.29, 0.717) is 34.8 Å². The zero-order valence-corrected chi connectivity index (χ0v) is 14.6. The van der Waals surface area contributed by atoms with Crippen molar-refractivity contribution in [2.45, 2.75) is 30.6 Å². The lowest BCUT2D eigenvalue weighted by Gasteiger charge is -2.08. The molecule has 1 aromatic carbocycles. The summed E-state index contributed by atoms with van der Waals surface area (Å²) in [7, 11) is -3.56. The minimum atomic E-state index is -3.56. The zero-order valence-electron chi connectivity index (χ0n) is 10.6. The number of carboxylic acids is 1.